The Bertz CT molecular complexity index is 1580. The van der Waals surface area contributed by atoms with Crippen molar-refractivity contribution in [3.8, 4) is 17.2 Å². The van der Waals surface area contributed by atoms with Crippen molar-refractivity contribution < 1.29 is 38.4 Å². The Morgan fingerprint density at radius 1 is 0.902 bits per heavy atom. The highest BCUT2D eigenvalue weighted by Crippen LogP contribution is 2.40. The molecule has 0 aliphatic carbocycles. The number of hydrogen-bond donors (Lipinski definition) is 3. The van der Waals surface area contributed by atoms with Gasteiger partial charge in [-0.3, -0.25) is 19.8 Å². The van der Waals surface area contributed by atoms with Gasteiger partial charge < -0.3 is 34.3 Å². The average molecular weight is 705 g/mol. The van der Waals surface area contributed by atoms with Gasteiger partial charge in [0.1, 0.15) is 12.1 Å². The van der Waals surface area contributed by atoms with Gasteiger partial charge in [0, 0.05) is 51.3 Å². The van der Waals surface area contributed by atoms with Crippen molar-refractivity contribution in [3.05, 3.63) is 89.0 Å². The number of methoxy groups -OCH3 is 3. The zero-order valence-corrected chi connectivity index (χ0v) is 30.4. The van der Waals surface area contributed by atoms with E-state index in [1.807, 2.05) is 66.7 Å². The third-order valence-electron chi connectivity index (χ3n) is 9.16. The number of benzene rings is 3. The number of fused-ring (bicyclic) bond motifs is 1. The fourth-order valence-electron chi connectivity index (χ4n) is 6.46. The Hall–Kier alpha value is -4.65. The molecule has 3 N–H and O–H groups in total. The van der Waals surface area contributed by atoms with Crippen LogP contribution in [0.1, 0.15) is 42.5 Å². The van der Waals surface area contributed by atoms with Crippen molar-refractivity contribution in [2.45, 2.75) is 64.3 Å². The topological polar surface area (TPSA) is 139 Å². The van der Waals surface area contributed by atoms with Crippen molar-refractivity contribution in [2.75, 3.05) is 54.1 Å². The lowest BCUT2D eigenvalue weighted by atomic mass is 9.93. The molecule has 276 valence electrons. The molecule has 1 fully saturated rings. The second-order valence-electron chi connectivity index (χ2n) is 12.5. The summed E-state index contributed by atoms with van der Waals surface area (Å²) in [5.74, 6) is 0.329. The highest BCUT2D eigenvalue weighted by Gasteiger charge is 2.37. The lowest BCUT2D eigenvalue weighted by Crippen LogP contribution is -2.56. The summed E-state index contributed by atoms with van der Waals surface area (Å²) in [5.41, 5.74) is 4.09. The predicted molar refractivity (Wildman–Crippen MR) is 194 cm³/mol. The molecular weight excluding hydrogens is 652 g/mol. The molecule has 3 aromatic carbocycles. The zero-order chi connectivity index (χ0) is 36.8. The van der Waals surface area contributed by atoms with Crippen LogP contribution >= 0.6 is 0 Å². The van der Waals surface area contributed by atoms with Crippen molar-refractivity contribution in [2.24, 2.45) is 0 Å². The quantitative estimate of drug-likeness (QED) is 0.212. The summed E-state index contributed by atoms with van der Waals surface area (Å²) in [6, 6.07) is 19.0. The molecule has 1 amide bonds. The van der Waals surface area contributed by atoms with Gasteiger partial charge in [0.05, 0.1) is 34.0 Å². The van der Waals surface area contributed by atoms with E-state index in [4.69, 9.17) is 18.9 Å². The summed E-state index contributed by atoms with van der Waals surface area (Å²) >= 11 is 0. The third-order valence-corrected chi connectivity index (χ3v) is 9.16. The maximum Gasteiger partial charge on any atom is 0.326 e. The molecule has 3 aromatic rings. The summed E-state index contributed by atoms with van der Waals surface area (Å²) in [6.45, 7) is 8.92. The van der Waals surface area contributed by atoms with E-state index in [2.05, 4.69) is 15.5 Å². The van der Waals surface area contributed by atoms with Crippen LogP contribution in [0.4, 0.5) is 0 Å². The lowest BCUT2D eigenvalue weighted by Gasteiger charge is -2.36. The summed E-state index contributed by atoms with van der Waals surface area (Å²) in [7, 11) is 4.93. The van der Waals surface area contributed by atoms with Crippen molar-refractivity contribution in [1.29, 1.82) is 0 Å². The number of aryl methyl sites for hydroxylation is 1. The number of nitrogens with zero attached hydrogens (tertiary/aromatic N) is 2. The van der Waals surface area contributed by atoms with E-state index in [1.165, 1.54) is 4.90 Å². The fraction of sp³-hybridized carbons (Fsp3) is 0.462. The second-order valence-corrected chi connectivity index (χ2v) is 12.5. The maximum absolute atomic E-state index is 13.3. The van der Waals surface area contributed by atoms with Gasteiger partial charge in [-0.1, -0.05) is 60.7 Å². The van der Waals surface area contributed by atoms with E-state index in [0.717, 1.165) is 60.7 Å². The molecule has 0 bridgehead atoms. The minimum atomic E-state index is -1.04. The summed E-state index contributed by atoms with van der Waals surface area (Å²) in [6.07, 6.45) is 1.37. The zero-order valence-electron chi connectivity index (χ0n) is 30.4. The number of aliphatic carboxylic acids is 1. The van der Waals surface area contributed by atoms with E-state index >= 15 is 0 Å². The van der Waals surface area contributed by atoms with Crippen LogP contribution in [0.2, 0.25) is 0 Å². The molecule has 0 saturated carbocycles. The van der Waals surface area contributed by atoms with E-state index in [0.29, 0.717) is 24.3 Å². The predicted octanol–water partition coefficient (Wildman–Crippen LogP) is 3.68. The summed E-state index contributed by atoms with van der Waals surface area (Å²) in [5, 5.41) is 16.2. The Labute approximate surface area is 301 Å². The maximum atomic E-state index is 13.3. The van der Waals surface area contributed by atoms with Gasteiger partial charge >= 0.3 is 11.9 Å². The first-order valence-electron chi connectivity index (χ1n) is 17.5. The van der Waals surface area contributed by atoms with Gasteiger partial charge in [-0.05, 0) is 49.4 Å². The molecule has 12 heteroatoms. The van der Waals surface area contributed by atoms with Gasteiger partial charge in [0.2, 0.25) is 11.7 Å². The first-order chi connectivity index (χ1) is 24.7. The number of carbonyl (C=O) groups is 3. The molecule has 2 heterocycles. The lowest BCUT2D eigenvalue weighted by molar-refractivity contribution is -0.153. The number of piperazine rings is 1. The summed E-state index contributed by atoms with van der Waals surface area (Å²) in [4.78, 5) is 41.5. The molecule has 0 radical (unpaired) electrons. The van der Waals surface area contributed by atoms with Crippen molar-refractivity contribution in [3.63, 3.8) is 0 Å². The van der Waals surface area contributed by atoms with E-state index in [9.17, 15) is 19.5 Å². The highest BCUT2D eigenvalue weighted by atomic mass is 16.5. The first-order valence-corrected chi connectivity index (χ1v) is 17.5. The standard InChI is InChI=1S/C25H30N2O5.C14H22N2O3/c1-3-32-25(31)21(14-13-18-9-5-4-6-10-18)26-17(2)23(28)27-16-20-12-8-7-11-19(20)15-22(27)24(29)30;1-17-12-5-4-11(13(18-2)14(12)19-3)10-16-8-6-15-7-9-16/h4-12,17,21-22,26H,3,13-16H2,1-2H3,(H,29,30);4-5,15H,6-10H2,1-3H3/t17-,21-,22-;/m0./s1. The number of hydrogen-bond acceptors (Lipinski definition) is 10. The Morgan fingerprint density at radius 3 is 2.20 bits per heavy atom. The van der Waals surface area contributed by atoms with Crippen LogP contribution in [0.25, 0.3) is 0 Å². The van der Waals surface area contributed by atoms with Crippen LogP contribution in [0.3, 0.4) is 0 Å². The van der Waals surface area contributed by atoms with Gasteiger partial charge in [0.25, 0.3) is 0 Å². The van der Waals surface area contributed by atoms with Gasteiger partial charge in [-0.2, -0.15) is 0 Å². The molecule has 12 nitrogen and oxygen atoms in total. The van der Waals surface area contributed by atoms with Crippen LogP contribution in [-0.4, -0.2) is 105 Å². The Kier molecular flexibility index (Phi) is 15.1. The van der Waals surface area contributed by atoms with Gasteiger partial charge in [0.15, 0.2) is 11.5 Å². The van der Waals surface area contributed by atoms with Crippen LogP contribution in [0.15, 0.2) is 66.7 Å². The molecule has 51 heavy (non-hydrogen) atoms. The van der Waals surface area contributed by atoms with E-state index in [-0.39, 0.29) is 25.5 Å². The summed E-state index contributed by atoms with van der Waals surface area (Å²) < 4.78 is 21.4. The minimum Gasteiger partial charge on any atom is -0.493 e. The van der Waals surface area contributed by atoms with Gasteiger partial charge in [-0.15, -0.1) is 0 Å². The van der Waals surface area contributed by atoms with Crippen LogP contribution < -0.4 is 24.8 Å². The first kappa shape index (κ1) is 39.1. The monoisotopic (exact) mass is 704 g/mol. The van der Waals surface area contributed by atoms with Crippen molar-refractivity contribution >= 4 is 17.8 Å². The number of ether oxygens (including phenoxy) is 4. The fourth-order valence-corrected chi connectivity index (χ4v) is 6.46. The van der Waals surface area contributed by atoms with Gasteiger partial charge in [-0.25, -0.2) is 4.79 Å². The molecule has 2 aliphatic heterocycles. The van der Waals surface area contributed by atoms with E-state index in [1.54, 1.807) is 35.2 Å². The number of rotatable bonds is 14. The van der Waals surface area contributed by atoms with E-state index < -0.39 is 30.1 Å². The van der Waals surface area contributed by atoms with Crippen molar-refractivity contribution in [1.82, 2.24) is 20.4 Å². The number of carbonyl (C=O) groups excluding carboxylic acids is 2. The molecule has 0 unspecified atom stereocenters. The highest BCUT2D eigenvalue weighted by molar-refractivity contribution is 5.88. The number of amides is 1. The number of esters is 1. The minimum absolute atomic E-state index is 0.228. The smallest absolute Gasteiger partial charge is 0.326 e. The number of carboxylic acid groups (broad SMARTS) is 1. The number of nitrogens with one attached hydrogen (secondary N) is 2. The molecule has 3 atom stereocenters. The largest absolute Gasteiger partial charge is 0.493 e. The third kappa shape index (κ3) is 10.7. The molecule has 0 spiro atoms. The second kappa shape index (κ2) is 19.7. The van der Waals surface area contributed by atoms with Crippen LogP contribution in [0, 0.1) is 0 Å². The van der Waals surface area contributed by atoms with Crippen LogP contribution in [-0.2, 0) is 45.1 Å². The Morgan fingerprint density at radius 2 is 1.57 bits per heavy atom. The molecule has 2 aliphatic rings. The van der Waals surface area contributed by atoms with Crippen LogP contribution in [0.5, 0.6) is 17.2 Å². The number of carboxylic acids is 1. The Balaban J connectivity index is 0.000000261. The molecule has 0 aromatic heterocycles. The molecular formula is C39H52N4O8. The molecule has 1 saturated heterocycles. The normalized spacial score (nSPS) is 16.8. The SMILES string of the molecule is CCOC(=O)[C@H](CCc1ccccc1)N[C@@H](C)C(=O)N1Cc2ccccc2C[C@H]1C(=O)O.COc1ccc(CN2CCNCC2)c(OC)c1OC. The molecule has 5 rings (SSSR count). The average Bonchev–Trinajstić information content (AvgIpc) is 3.16.